The lowest BCUT2D eigenvalue weighted by atomic mass is 10.0. The van der Waals surface area contributed by atoms with E-state index in [1.807, 2.05) is 0 Å². The van der Waals surface area contributed by atoms with Crippen molar-refractivity contribution in [3.8, 4) is 16.9 Å². The van der Waals surface area contributed by atoms with Crippen LogP contribution < -0.4 is 4.74 Å². The van der Waals surface area contributed by atoms with Crippen LogP contribution in [0.5, 0.6) is 5.75 Å². The monoisotopic (exact) mass is 594 g/mol. The van der Waals surface area contributed by atoms with Crippen molar-refractivity contribution in [2.75, 3.05) is 6.61 Å². The molecule has 0 saturated heterocycles. The Morgan fingerprint density at radius 3 is 1.62 bits per heavy atom. The Balaban J connectivity index is 1.79. The van der Waals surface area contributed by atoms with E-state index < -0.39 is 42.7 Å². The summed E-state index contributed by atoms with van der Waals surface area (Å²) in [5, 5.41) is 0.870. The van der Waals surface area contributed by atoms with Crippen LogP contribution in [0.4, 0.5) is 26.3 Å². The molecule has 0 N–H and O–H groups in total. The highest BCUT2D eigenvalue weighted by molar-refractivity contribution is 6.30. The minimum absolute atomic E-state index is 0.0372. The van der Waals surface area contributed by atoms with Gasteiger partial charge in [-0.2, -0.15) is 26.3 Å². The van der Waals surface area contributed by atoms with E-state index in [2.05, 4.69) is 9.47 Å². The predicted molar refractivity (Wildman–Crippen MR) is 134 cm³/mol. The summed E-state index contributed by atoms with van der Waals surface area (Å²) in [5.74, 6) is -2.45. The summed E-state index contributed by atoms with van der Waals surface area (Å²) >= 11 is 11.6. The molecule has 0 atom stereocenters. The number of carbonyl (C=O) groups excluding carboxylic acids is 1. The molecule has 0 radical (unpaired) electrons. The summed E-state index contributed by atoms with van der Waals surface area (Å²) in [4.78, 5) is 12.5. The Labute approximate surface area is 230 Å². The average molecular weight is 595 g/mol. The molecule has 210 valence electrons. The van der Waals surface area contributed by atoms with Crippen LogP contribution in [0.2, 0.25) is 10.0 Å². The molecule has 0 saturated carbocycles. The molecule has 0 bridgehead atoms. The maximum absolute atomic E-state index is 13.9. The van der Waals surface area contributed by atoms with Gasteiger partial charge in [-0.15, -0.1) is 0 Å². The van der Waals surface area contributed by atoms with Gasteiger partial charge in [-0.3, -0.25) is 0 Å². The fraction of sp³-hybridized carbons (Fsp3) is 0.296. The molecule has 12 heteroatoms. The number of hydrogen-bond donors (Lipinski definition) is 0. The van der Waals surface area contributed by atoms with Crippen LogP contribution in [0, 0.1) is 0 Å². The molecule has 3 aromatic carbocycles. The Morgan fingerprint density at radius 1 is 0.718 bits per heavy atom. The lowest BCUT2D eigenvalue weighted by Crippen LogP contribution is -2.65. The number of esters is 1. The van der Waals surface area contributed by atoms with Gasteiger partial charge < -0.3 is 14.2 Å². The fourth-order valence-electron chi connectivity index (χ4n) is 3.43. The second kappa shape index (κ2) is 11.7. The highest BCUT2D eigenvalue weighted by atomic mass is 35.5. The summed E-state index contributed by atoms with van der Waals surface area (Å²) < 4.78 is 98.1. The van der Waals surface area contributed by atoms with Crippen LogP contribution in [0.15, 0.2) is 72.8 Å². The van der Waals surface area contributed by atoms with Gasteiger partial charge in [-0.25, -0.2) is 4.79 Å². The quantitative estimate of drug-likeness (QED) is 0.184. The normalized spacial score (nSPS) is 12.8. The van der Waals surface area contributed by atoms with E-state index >= 15 is 0 Å². The van der Waals surface area contributed by atoms with Gasteiger partial charge in [-0.1, -0.05) is 59.6 Å². The molecule has 0 aliphatic carbocycles. The largest absolute Gasteiger partial charge is 0.484 e. The molecular formula is C27H22Cl2F6O4. The second-order valence-electron chi connectivity index (χ2n) is 9.06. The molecule has 0 aliphatic rings. The predicted octanol–water partition coefficient (Wildman–Crippen LogP) is 8.44. The highest BCUT2D eigenvalue weighted by Gasteiger charge is 2.78. The molecule has 3 aromatic rings. The maximum Gasteiger partial charge on any atom is 0.437 e. The first-order valence-electron chi connectivity index (χ1n) is 11.3. The van der Waals surface area contributed by atoms with Gasteiger partial charge in [0.25, 0.3) is 0 Å². The van der Waals surface area contributed by atoms with Crippen LogP contribution in [0.25, 0.3) is 11.1 Å². The minimum atomic E-state index is -6.19. The van der Waals surface area contributed by atoms with Crippen LogP contribution in [0.1, 0.15) is 19.4 Å². The molecule has 0 aromatic heterocycles. The zero-order valence-corrected chi connectivity index (χ0v) is 22.0. The van der Waals surface area contributed by atoms with E-state index in [9.17, 15) is 31.1 Å². The first kappa shape index (κ1) is 30.6. The molecule has 4 nitrogen and oxygen atoms in total. The third-order valence-corrected chi connectivity index (χ3v) is 5.94. The summed E-state index contributed by atoms with van der Waals surface area (Å²) in [6.07, 6.45) is -12.4. The SMILES string of the molecule is CC(C)(COC(=O)C(OCc1ccc(-c2ccc(Cl)cc2)cc1)(C(F)(F)F)C(F)(F)F)Oc1ccc(Cl)cc1. The molecule has 39 heavy (non-hydrogen) atoms. The van der Waals surface area contributed by atoms with Crippen LogP contribution >= 0.6 is 23.2 Å². The Hall–Kier alpha value is -2.95. The van der Waals surface area contributed by atoms with Gasteiger partial charge in [-0.05, 0) is 66.9 Å². The Morgan fingerprint density at radius 2 is 1.15 bits per heavy atom. The minimum Gasteiger partial charge on any atom is -0.484 e. The molecule has 0 spiro atoms. The highest BCUT2D eigenvalue weighted by Crippen LogP contribution is 2.47. The van der Waals surface area contributed by atoms with Crippen LogP contribution in [-0.2, 0) is 20.9 Å². The number of benzene rings is 3. The zero-order valence-electron chi connectivity index (χ0n) is 20.5. The summed E-state index contributed by atoms with van der Waals surface area (Å²) in [5.41, 5.74) is -5.41. The molecule has 0 fully saturated rings. The van der Waals surface area contributed by atoms with Crippen molar-refractivity contribution in [3.05, 3.63) is 88.4 Å². The first-order chi connectivity index (χ1) is 18.0. The van der Waals surface area contributed by atoms with E-state index in [0.717, 1.165) is 5.56 Å². The third-order valence-electron chi connectivity index (χ3n) is 5.43. The number of carbonyl (C=O) groups is 1. The molecule has 0 heterocycles. The summed E-state index contributed by atoms with van der Waals surface area (Å²) in [7, 11) is 0. The average Bonchev–Trinajstić information content (AvgIpc) is 2.84. The topological polar surface area (TPSA) is 44.8 Å². The van der Waals surface area contributed by atoms with Gasteiger partial charge in [0.1, 0.15) is 18.0 Å². The van der Waals surface area contributed by atoms with E-state index in [-0.39, 0.29) is 11.3 Å². The van der Waals surface area contributed by atoms with Crippen molar-refractivity contribution >= 4 is 29.2 Å². The molecule has 0 amide bonds. The number of alkyl halides is 6. The Kier molecular flexibility index (Phi) is 9.14. The van der Waals surface area contributed by atoms with E-state index in [0.29, 0.717) is 15.6 Å². The van der Waals surface area contributed by atoms with Crippen molar-refractivity contribution in [1.82, 2.24) is 0 Å². The van der Waals surface area contributed by atoms with Crippen molar-refractivity contribution in [3.63, 3.8) is 0 Å². The summed E-state index contributed by atoms with van der Waals surface area (Å²) in [6, 6.07) is 18.0. The number of hydrogen-bond acceptors (Lipinski definition) is 4. The molecular weight excluding hydrogens is 573 g/mol. The number of halogens is 8. The smallest absolute Gasteiger partial charge is 0.437 e. The van der Waals surface area contributed by atoms with Crippen LogP contribution in [-0.4, -0.2) is 36.1 Å². The van der Waals surface area contributed by atoms with E-state index in [4.69, 9.17) is 27.9 Å². The zero-order chi connectivity index (χ0) is 29.1. The third kappa shape index (κ3) is 7.38. The van der Waals surface area contributed by atoms with Gasteiger partial charge in [0, 0.05) is 10.0 Å². The molecule has 0 unspecified atom stereocenters. The van der Waals surface area contributed by atoms with Crippen molar-refractivity contribution < 1.29 is 45.3 Å². The van der Waals surface area contributed by atoms with E-state index in [1.165, 1.54) is 62.4 Å². The second-order valence-corrected chi connectivity index (χ2v) is 9.93. The lowest BCUT2D eigenvalue weighted by Gasteiger charge is -2.35. The Bertz CT molecular complexity index is 1240. The van der Waals surface area contributed by atoms with Crippen molar-refractivity contribution in [1.29, 1.82) is 0 Å². The van der Waals surface area contributed by atoms with Gasteiger partial charge in [0.15, 0.2) is 0 Å². The molecule has 0 aliphatic heterocycles. The maximum atomic E-state index is 13.9. The number of ether oxygens (including phenoxy) is 3. The van der Waals surface area contributed by atoms with Gasteiger partial charge in [0.2, 0.25) is 0 Å². The van der Waals surface area contributed by atoms with Gasteiger partial charge in [0.05, 0.1) is 6.61 Å². The fourth-order valence-corrected chi connectivity index (χ4v) is 3.69. The van der Waals surface area contributed by atoms with Crippen molar-refractivity contribution in [2.45, 2.75) is 44.0 Å². The lowest BCUT2D eigenvalue weighted by molar-refractivity contribution is -0.372. The number of rotatable bonds is 9. The standard InChI is InChI=1S/C27H22Cl2F6O4/c1-24(2,39-22-13-11-21(29)12-14-22)16-37-23(36)25(26(30,31)32,27(33,34)35)38-15-17-3-5-18(6-4-17)19-7-9-20(28)10-8-19/h3-14H,15-16H2,1-2H3. The first-order valence-corrected chi connectivity index (χ1v) is 12.0. The molecule has 3 rings (SSSR count). The van der Waals surface area contributed by atoms with Crippen LogP contribution in [0.3, 0.4) is 0 Å². The van der Waals surface area contributed by atoms with Crippen molar-refractivity contribution in [2.24, 2.45) is 0 Å². The van der Waals surface area contributed by atoms with Gasteiger partial charge >= 0.3 is 23.9 Å². The van der Waals surface area contributed by atoms with E-state index in [1.54, 1.807) is 24.3 Å². The summed E-state index contributed by atoms with van der Waals surface area (Å²) in [6.45, 7) is 0.517.